The highest BCUT2D eigenvalue weighted by atomic mass is 16.6. The summed E-state index contributed by atoms with van der Waals surface area (Å²) in [5.74, 6) is -1.16. The van der Waals surface area contributed by atoms with E-state index in [2.05, 4.69) is 10.0 Å². The number of hydrogen-bond donors (Lipinski definition) is 0. The summed E-state index contributed by atoms with van der Waals surface area (Å²) >= 11 is 0. The molecule has 0 radical (unpaired) electrons. The number of rotatable bonds is 5. The molecule has 1 rings (SSSR count). The van der Waals surface area contributed by atoms with E-state index in [1.54, 1.807) is 0 Å². The number of aldehydes is 1. The molecule has 9 heteroatoms. The average Bonchev–Trinajstić information content (AvgIpc) is 2.65. The van der Waals surface area contributed by atoms with Crippen LogP contribution in [0.5, 0.6) is 0 Å². The third kappa shape index (κ3) is 3.94. The van der Waals surface area contributed by atoms with Gasteiger partial charge in [0.2, 0.25) is 0 Å². The molecule has 0 bridgehead atoms. The van der Waals surface area contributed by atoms with E-state index in [9.17, 15) is 14.4 Å². The minimum Gasteiger partial charge on any atom is -0.463 e. The zero-order valence-corrected chi connectivity index (χ0v) is 10.4. The fourth-order valence-electron chi connectivity index (χ4n) is 1.74. The Morgan fingerprint density at radius 1 is 1.42 bits per heavy atom. The molecule has 104 valence electrons. The predicted octanol–water partition coefficient (Wildman–Crippen LogP) is 0.126. The van der Waals surface area contributed by atoms with Crippen molar-refractivity contribution in [2.45, 2.75) is 38.2 Å². The maximum Gasteiger partial charge on any atom is 0.303 e. The minimum absolute atomic E-state index is 0.199. The maximum absolute atomic E-state index is 11.0. The molecule has 1 aliphatic rings. The summed E-state index contributed by atoms with van der Waals surface area (Å²) in [5, 5.41) is 3.39. The second-order valence-electron chi connectivity index (χ2n) is 3.85. The van der Waals surface area contributed by atoms with Crippen LogP contribution in [0.3, 0.4) is 0 Å². The molecule has 0 spiro atoms. The number of esters is 2. The summed E-state index contributed by atoms with van der Waals surface area (Å²) in [7, 11) is 0. The van der Waals surface area contributed by atoms with Gasteiger partial charge in [-0.1, -0.05) is 5.11 Å². The highest BCUT2D eigenvalue weighted by Gasteiger charge is 2.46. The van der Waals surface area contributed by atoms with Gasteiger partial charge < -0.3 is 19.0 Å². The Morgan fingerprint density at radius 3 is 2.58 bits per heavy atom. The summed E-state index contributed by atoms with van der Waals surface area (Å²) in [6.07, 6.45) is -2.41. The first-order chi connectivity index (χ1) is 8.99. The summed E-state index contributed by atoms with van der Waals surface area (Å²) in [6.45, 7) is 2.18. The monoisotopic (exact) mass is 271 g/mol. The molecular formula is C10H13N3O6. The minimum atomic E-state index is -1.04. The topological polar surface area (TPSA) is 128 Å². The van der Waals surface area contributed by atoms with Crippen LogP contribution in [-0.2, 0) is 28.6 Å². The van der Waals surface area contributed by atoms with E-state index in [0.29, 0.717) is 6.29 Å². The quantitative estimate of drug-likeness (QED) is 0.230. The molecule has 0 amide bonds. The van der Waals surface area contributed by atoms with Gasteiger partial charge in [0.15, 0.2) is 0 Å². The molecule has 0 aromatic rings. The van der Waals surface area contributed by atoms with Gasteiger partial charge in [-0.15, -0.1) is 0 Å². The molecular weight excluding hydrogens is 258 g/mol. The van der Waals surface area contributed by atoms with Crippen LogP contribution in [0.1, 0.15) is 13.8 Å². The molecule has 19 heavy (non-hydrogen) atoms. The Balaban J connectivity index is 2.88. The van der Waals surface area contributed by atoms with Crippen molar-refractivity contribution in [2.24, 2.45) is 5.11 Å². The number of hydrogen-bond acceptors (Lipinski definition) is 7. The number of carbonyl (C=O) groups is 3. The first-order valence-electron chi connectivity index (χ1n) is 5.45. The zero-order chi connectivity index (χ0) is 14.4. The highest BCUT2D eigenvalue weighted by Crippen LogP contribution is 2.26. The Hall–Kier alpha value is -2.12. The van der Waals surface area contributed by atoms with E-state index < -0.39 is 36.3 Å². The van der Waals surface area contributed by atoms with Gasteiger partial charge in [0.1, 0.15) is 37.2 Å². The molecule has 1 heterocycles. The standard InChI is InChI=1S/C10H13N3O6/c1-5(15)17-4-8-10(18-6(2)16)9(12-13-11)7(3-14)19-8/h3,7-10H,4H2,1-2H3/t7-,8-,9+,10-/m1/s1. The largest absolute Gasteiger partial charge is 0.463 e. The Kier molecular flexibility index (Phi) is 5.28. The number of azide groups is 1. The molecule has 0 aromatic heterocycles. The zero-order valence-electron chi connectivity index (χ0n) is 10.4. The van der Waals surface area contributed by atoms with E-state index in [4.69, 9.17) is 19.7 Å². The van der Waals surface area contributed by atoms with Gasteiger partial charge in [-0.25, -0.2) is 0 Å². The average molecular weight is 271 g/mol. The van der Waals surface area contributed by atoms with Gasteiger partial charge in [0.25, 0.3) is 0 Å². The van der Waals surface area contributed by atoms with Gasteiger partial charge in [-0.3, -0.25) is 9.59 Å². The van der Waals surface area contributed by atoms with Crippen LogP contribution in [0.15, 0.2) is 5.11 Å². The van der Waals surface area contributed by atoms with E-state index >= 15 is 0 Å². The maximum atomic E-state index is 11.0. The van der Waals surface area contributed by atoms with Crippen LogP contribution >= 0.6 is 0 Å². The van der Waals surface area contributed by atoms with Crippen molar-refractivity contribution in [2.75, 3.05) is 6.61 Å². The normalized spacial score (nSPS) is 29.2. The second kappa shape index (κ2) is 6.72. The van der Waals surface area contributed by atoms with E-state index in [1.807, 2.05) is 0 Å². The lowest BCUT2D eigenvalue weighted by Gasteiger charge is -2.19. The van der Waals surface area contributed by atoms with E-state index in [0.717, 1.165) is 0 Å². The summed E-state index contributed by atoms with van der Waals surface area (Å²) in [6, 6.07) is -0.980. The smallest absolute Gasteiger partial charge is 0.303 e. The van der Waals surface area contributed by atoms with Crippen LogP contribution < -0.4 is 0 Å². The fraction of sp³-hybridized carbons (Fsp3) is 0.700. The Morgan fingerprint density at radius 2 is 2.11 bits per heavy atom. The molecule has 4 atom stereocenters. The SMILES string of the molecule is CC(=O)OC[C@H]1O[C@H](C=O)[C@H](N=[N+]=[N-])[C@@H]1OC(C)=O. The van der Waals surface area contributed by atoms with Crippen molar-refractivity contribution in [3.05, 3.63) is 10.4 Å². The van der Waals surface area contributed by atoms with E-state index in [1.165, 1.54) is 13.8 Å². The molecule has 1 fully saturated rings. The van der Waals surface area contributed by atoms with Crippen molar-refractivity contribution < 1.29 is 28.6 Å². The third-order valence-corrected chi connectivity index (χ3v) is 2.44. The van der Waals surface area contributed by atoms with Gasteiger partial charge in [0.05, 0.1) is 0 Å². The van der Waals surface area contributed by atoms with E-state index in [-0.39, 0.29) is 6.61 Å². The molecule has 0 aliphatic carbocycles. The molecule has 0 N–H and O–H groups in total. The van der Waals surface area contributed by atoms with Gasteiger partial charge >= 0.3 is 11.9 Å². The molecule has 0 saturated carbocycles. The van der Waals surface area contributed by atoms with Crippen molar-refractivity contribution in [3.8, 4) is 0 Å². The van der Waals surface area contributed by atoms with Gasteiger partial charge in [-0.05, 0) is 5.53 Å². The number of nitrogens with zero attached hydrogens (tertiary/aromatic N) is 3. The van der Waals surface area contributed by atoms with Crippen LogP contribution in [0.2, 0.25) is 0 Å². The molecule has 9 nitrogen and oxygen atoms in total. The lowest BCUT2D eigenvalue weighted by atomic mass is 10.1. The van der Waals surface area contributed by atoms with Crippen molar-refractivity contribution in [3.63, 3.8) is 0 Å². The molecule has 0 unspecified atom stereocenters. The summed E-state index contributed by atoms with van der Waals surface area (Å²) in [4.78, 5) is 35.2. The number of ether oxygens (including phenoxy) is 3. The van der Waals surface area contributed by atoms with Crippen LogP contribution in [0, 0.1) is 0 Å². The van der Waals surface area contributed by atoms with Crippen LogP contribution in [0.25, 0.3) is 10.4 Å². The summed E-state index contributed by atoms with van der Waals surface area (Å²) < 4.78 is 15.0. The lowest BCUT2D eigenvalue weighted by molar-refractivity contribution is -0.155. The predicted molar refractivity (Wildman–Crippen MR) is 59.8 cm³/mol. The highest BCUT2D eigenvalue weighted by molar-refractivity contribution is 5.67. The van der Waals surface area contributed by atoms with Crippen LogP contribution in [-0.4, -0.2) is 49.2 Å². The first-order valence-corrected chi connectivity index (χ1v) is 5.45. The second-order valence-corrected chi connectivity index (χ2v) is 3.85. The van der Waals surface area contributed by atoms with Crippen molar-refractivity contribution >= 4 is 18.2 Å². The molecule has 1 saturated heterocycles. The van der Waals surface area contributed by atoms with Crippen molar-refractivity contribution in [1.29, 1.82) is 0 Å². The fourth-order valence-corrected chi connectivity index (χ4v) is 1.74. The third-order valence-electron chi connectivity index (χ3n) is 2.44. The molecule has 1 aliphatic heterocycles. The van der Waals surface area contributed by atoms with Crippen LogP contribution in [0.4, 0.5) is 0 Å². The summed E-state index contributed by atoms with van der Waals surface area (Å²) in [5.41, 5.74) is 8.46. The molecule has 0 aromatic carbocycles. The first kappa shape index (κ1) is 14.9. The Labute approximate surface area is 108 Å². The lowest BCUT2D eigenvalue weighted by Crippen LogP contribution is -2.37. The number of carbonyl (C=O) groups excluding carboxylic acids is 3. The van der Waals surface area contributed by atoms with Crippen molar-refractivity contribution in [1.82, 2.24) is 0 Å². The Bertz CT molecular complexity index is 419. The van der Waals surface area contributed by atoms with Gasteiger partial charge in [-0.2, -0.15) is 0 Å². The van der Waals surface area contributed by atoms with Gasteiger partial charge in [0, 0.05) is 18.8 Å².